The number of carbonyl (C=O) groups excluding carboxylic acids is 1. The van der Waals surface area contributed by atoms with Crippen LogP contribution in [0.1, 0.15) is 37.3 Å². The van der Waals surface area contributed by atoms with Crippen molar-refractivity contribution in [3.8, 4) is 0 Å². The van der Waals surface area contributed by atoms with Crippen LogP contribution in [-0.4, -0.2) is 36.2 Å². The van der Waals surface area contributed by atoms with E-state index in [1.807, 2.05) is 42.5 Å². The summed E-state index contributed by atoms with van der Waals surface area (Å²) < 4.78 is 29.6. The molecule has 3 heterocycles. The summed E-state index contributed by atoms with van der Waals surface area (Å²) >= 11 is 2.67. The van der Waals surface area contributed by atoms with Gasteiger partial charge in [0, 0.05) is 6.54 Å². The molecule has 1 amide bonds. The average Bonchev–Trinajstić information content (AvgIpc) is 3.58. The number of sulfonamides is 1. The van der Waals surface area contributed by atoms with Gasteiger partial charge in [0.25, 0.3) is 10.0 Å². The highest BCUT2D eigenvalue weighted by molar-refractivity contribution is 7.91. The average molecular weight is 526 g/mol. The zero-order valence-corrected chi connectivity index (χ0v) is 21.9. The lowest BCUT2D eigenvalue weighted by Crippen LogP contribution is -2.52. The van der Waals surface area contributed by atoms with E-state index in [0.717, 1.165) is 40.6 Å². The predicted octanol–water partition coefficient (Wildman–Crippen LogP) is 5.70. The highest BCUT2D eigenvalue weighted by atomic mass is 32.2. The van der Waals surface area contributed by atoms with Crippen molar-refractivity contribution in [2.45, 2.75) is 49.4 Å². The Morgan fingerprint density at radius 3 is 2.66 bits per heavy atom. The number of hydrogen-bond donors (Lipinski definition) is 0. The molecule has 1 saturated heterocycles. The molecule has 0 N–H and O–H groups in total. The minimum Gasteiger partial charge on any atom is -0.282 e. The molecule has 2 aromatic heterocycles. The molecule has 9 heteroatoms. The Bertz CT molecular complexity index is 1420. The van der Waals surface area contributed by atoms with Crippen molar-refractivity contribution < 1.29 is 13.2 Å². The molecule has 0 saturated carbocycles. The maximum atomic E-state index is 14.2. The van der Waals surface area contributed by atoms with Crippen molar-refractivity contribution in [3.63, 3.8) is 0 Å². The van der Waals surface area contributed by atoms with Gasteiger partial charge in [0.1, 0.15) is 10.3 Å². The summed E-state index contributed by atoms with van der Waals surface area (Å²) in [5, 5.41) is 2.36. The first-order chi connectivity index (χ1) is 17.0. The van der Waals surface area contributed by atoms with Crippen LogP contribution in [0.4, 0.5) is 5.13 Å². The van der Waals surface area contributed by atoms with Crippen LogP contribution in [0.5, 0.6) is 0 Å². The molecule has 0 aliphatic carbocycles. The monoisotopic (exact) mass is 525 g/mol. The number of aryl methyl sites for hydroxylation is 1. The summed E-state index contributed by atoms with van der Waals surface area (Å²) in [6.07, 6.45) is 2.91. The summed E-state index contributed by atoms with van der Waals surface area (Å²) in [6, 6.07) is 18.5. The van der Waals surface area contributed by atoms with Crippen LogP contribution < -0.4 is 4.90 Å². The zero-order chi connectivity index (χ0) is 24.4. The first kappa shape index (κ1) is 24.1. The van der Waals surface area contributed by atoms with E-state index in [1.165, 1.54) is 27.0 Å². The molecule has 1 aliphatic heterocycles. The number of thiophene rings is 1. The van der Waals surface area contributed by atoms with Gasteiger partial charge < -0.3 is 0 Å². The minimum absolute atomic E-state index is 0.217. The number of fused-ring (bicyclic) bond motifs is 1. The van der Waals surface area contributed by atoms with E-state index in [-0.39, 0.29) is 10.1 Å². The molecule has 5 rings (SSSR count). The topological polar surface area (TPSA) is 70.6 Å². The Balaban J connectivity index is 1.56. The molecular weight excluding hydrogens is 499 g/mol. The molecule has 1 unspecified atom stereocenters. The summed E-state index contributed by atoms with van der Waals surface area (Å²) in [4.78, 5) is 20.7. The molecule has 1 atom stereocenters. The number of para-hydroxylation sites is 1. The predicted molar refractivity (Wildman–Crippen MR) is 142 cm³/mol. The van der Waals surface area contributed by atoms with Crippen LogP contribution in [0.2, 0.25) is 0 Å². The molecule has 1 aliphatic rings. The van der Waals surface area contributed by atoms with Crippen molar-refractivity contribution in [1.82, 2.24) is 9.29 Å². The normalized spacial score (nSPS) is 17.0. The quantitative estimate of drug-likeness (QED) is 0.310. The molecule has 6 nitrogen and oxygen atoms in total. The standard InChI is InChI=1S/C26H27N3O3S3/c1-2-20-12-8-14-22-24(20)27-26(34-22)28(18-19-10-4-3-5-11-19)25(30)21-13-6-7-16-29(21)35(31,32)23-15-9-17-33-23/h3-5,8-12,14-15,17,21H,2,6-7,13,16,18H2,1H3. The lowest BCUT2D eigenvalue weighted by Gasteiger charge is -2.36. The number of thiazole rings is 1. The van der Waals surface area contributed by atoms with Gasteiger partial charge in [-0.25, -0.2) is 13.4 Å². The third kappa shape index (κ3) is 4.78. The Labute approximate surface area is 213 Å². The molecule has 35 heavy (non-hydrogen) atoms. The zero-order valence-electron chi connectivity index (χ0n) is 19.5. The van der Waals surface area contributed by atoms with Gasteiger partial charge in [-0.1, -0.05) is 73.2 Å². The Hall–Kier alpha value is -2.59. The summed E-state index contributed by atoms with van der Waals surface area (Å²) in [6.45, 7) is 2.77. The number of amides is 1. The lowest BCUT2D eigenvalue weighted by molar-refractivity contribution is -0.123. The third-order valence-electron chi connectivity index (χ3n) is 6.35. The SMILES string of the molecule is CCc1cccc2sc(N(Cc3ccccc3)C(=O)C3CCCCN3S(=O)(=O)c3cccs3)nc12. The van der Waals surface area contributed by atoms with Crippen LogP contribution in [0, 0.1) is 0 Å². The molecule has 2 aromatic carbocycles. The second-order valence-electron chi connectivity index (χ2n) is 8.58. The third-order valence-corrected chi connectivity index (χ3v) is 10.7. The Morgan fingerprint density at radius 2 is 1.91 bits per heavy atom. The molecule has 0 spiro atoms. The van der Waals surface area contributed by atoms with Crippen molar-refractivity contribution >= 4 is 54.0 Å². The van der Waals surface area contributed by atoms with Gasteiger partial charge in [-0.05, 0) is 47.9 Å². The smallest absolute Gasteiger partial charge is 0.253 e. The number of rotatable bonds is 7. The second-order valence-corrected chi connectivity index (χ2v) is 12.7. The van der Waals surface area contributed by atoms with Crippen LogP contribution in [0.25, 0.3) is 10.2 Å². The van der Waals surface area contributed by atoms with Gasteiger partial charge in [-0.15, -0.1) is 11.3 Å². The van der Waals surface area contributed by atoms with Gasteiger partial charge >= 0.3 is 0 Å². The van der Waals surface area contributed by atoms with Crippen molar-refractivity contribution in [2.24, 2.45) is 0 Å². The fourth-order valence-electron chi connectivity index (χ4n) is 4.55. The van der Waals surface area contributed by atoms with E-state index in [1.54, 1.807) is 22.4 Å². The van der Waals surface area contributed by atoms with E-state index in [4.69, 9.17) is 4.98 Å². The van der Waals surface area contributed by atoms with E-state index in [9.17, 15) is 13.2 Å². The van der Waals surface area contributed by atoms with Crippen LogP contribution in [0.3, 0.4) is 0 Å². The number of hydrogen-bond acceptors (Lipinski definition) is 6. The van der Waals surface area contributed by atoms with Crippen LogP contribution in [-0.2, 0) is 27.8 Å². The van der Waals surface area contributed by atoms with Gasteiger partial charge in [0.2, 0.25) is 5.91 Å². The van der Waals surface area contributed by atoms with E-state index in [2.05, 4.69) is 13.0 Å². The summed E-state index contributed by atoms with van der Waals surface area (Å²) in [5.74, 6) is -0.217. The fraction of sp³-hybridized carbons (Fsp3) is 0.308. The summed E-state index contributed by atoms with van der Waals surface area (Å²) in [7, 11) is -3.75. The number of piperidine rings is 1. The Morgan fingerprint density at radius 1 is 1.09 bits per heavy atom. The lowest BCUT2D eigenvalue weighted by atomic mass is 10.0. The first-order valence-corrected chi connectivity index (χ1v) is 14.9. The molecular formula is C26H27N3O3S3. The number of nitrogens with zero attached hydrogens (tertiary/aromatic N) is 3. The summed E-state index contributed by atoms with van der Waals surface area (Å²) in [5.41, 5.74) is 3.02. The van der Waals surface area contributed by atoms with Crippen LogP contribution >= 0.6 is 22.7 Å². The van der Waals surface area contributed by atoms with Gasteiger partial charge in [0.05, 0.1) is 16.8 Å². The highest BCUT2D eigenvalue weighted by Gasteiger charge is 2.40. The van der Waals surface area contributed by atoms with Gasteiger partial charge in [-0.2, -0.15) is 4.31 Å². The van der Waals surface area contributed by atoms with E-state index >= 15 is 0 Å². The van der Waals surface area contributed by atoms with Gasteiger partial charge in [0.15, 0.2) is 5.13 Å². The van der Waals surface area contributed by atoms with Crippen molar-refractivity contribution in [2.75, 3.05) is 11.4 Å². The fourth-order valence-corrected chi connectivity index (χ4v) is 8.33. The second kappa shape index (κ2) is 10.2. The number of anilines is 1. The number of carbonyl (C=O) groups is 1. The molecule has 182 valence electrons. The highest BCUT2D eigenvalue weighted by Crippen LogP contribution is 2.35. The van der Waals surface area contributed by atoms with Crippen LogP contribution in [0.15, 0.2) is 70.3 Å². The van der Waals surface area contributed by atoms with Crippen molar-refractivity contribution in [3.05, 3.63) is 77.2 Å². The van der Waals surface area contributed by atoms with E-state index < -0.39 is 16.1 Å². The molecule has 1 fully saturated rings. The molecule has 4 aromatic rings. The number of benzene rings is 2. The minimum atomic E-state index is -3.75. The Kier molecular flexibility index (Phi) is 7.02. The first-order valence-electron chi connectivity index (χ1n) is 11.8. The largest absolute Gasteiger partial charge is 0.282 e. The van der Waals surface area contributed by atoms with Gasteiger partial charge in [-0.3, -0.25) is 9.69 Å². The van der Waals surface area contributed by atoms with E-state index in [0.29, 0.717) is 24.6 Å². The maximum absolute atomic E-state index is 14.2. The molecule has 0 radical (unpaired) electrons. The number of aromatic nitrogens is 1. The maximum Gasteiger partial charge on any atom is 0.253 e. The van der Waals surface area contributed by atoms with Crippen molar-refractivity contribution in [1.29, 1.82) is 0 Å². The molecule has 0 bridgehead atoms.